The van der Waals surface area contributed by atoms with Crippen LogP contribution in [0.3, 0.4) is 0 Å². The summed E-state index contributed by atoms with van der Waals surface area (Å²) in [4.78, 5) is 0. The van der Waals surface area contributed by atoms with Crippen LogP contribution in [0.1, 0.15) is 12.0 Å². The summed E-state index contributed by atoms with van der Waals surface area (Å²) >= 11 is 6.17. The van der Waals surface area contributed by atoms with Gasteiger partial charge in [-0.2, -0.15) is 0 Å². The minimum Gasteiger partial charge on any atom is -0.383 e. The van der Waals surface area contributed by atoms with E-state index < -0.39 is 0 Å². The SMILES string of the molecule is COCCNCC1(Cc2cc(F)ccc2Cl)CCOC1. The highest BCUT2D eigenvalue weighted by Gasteiger charge is 2.35. The smallest absolute Gasteiger partial charge is 0.123 e. The first-order chi connectivity index (χ1) is 9.65. The average molecular weight is 302 g/mol. The standard InChI is InChI=1S/C15H21ClFNO2/c1-19-7-5-18-10-15(4-6-20-11-15)9-12-8-13(17)2-3-14(12)16/h2-3,8,18H,4-7,9-11H2,1H3. The Balaban J connectivity index is 2.02. The van der Waals surface area contributed by atoms with E-state index in [0.29, 0.717) is 18.2 Å². The number of ether oxygens (including phenoxy) is 2. The molecule has 0 spiro atoms. The lowest BCUT2D eigenvalue weighted by Gasteiger charge is -2.28. The van der Waals surface area contributed by atoms with E-state index in [1.165, 1.54) is 12.1 Å². The Morgan fingerprint density at radius 2 is 2.35 bits per heavy atom. The molecule has 1 atom stereocenters. The molecule has 0 bridgehead atoms. The van der Waals surface area contributed by atoms with Crippen molar-refractivity contribution in [3.63, 3.8) is 0 Å². The van der Waals surface area contributed by atoms with Gasteiger partial charge in [0, 0.05) is 37.2 Å². The molecular weight excluding hydrogens is 281 g/mol. The first kappa shape index (κ1) is 15.7. The van der Waals surface area contributed by atoms with Gasteiger partial charge in [0.15, 0.2) is 0 Å². The van der Waals surface area contributed by atoms with Crippen molar-refractivity contribution in [2.45, 2.75) is 12.8 Å². The van der Waals surface area contributed by atoms with Gasteiger partial charge in [-0.05, 0) is 36.6 Å². The second-order valence-corrected chi connectivity index (χ2v) is 5.79. The molecule has 1 unspecified atom stereocenters. The van der Waals surface area contributed by atoms with E-state index in [2.05, 4.69) is 5.32 Å². The Hall–Kier alpha value is -0.680. The molecule has 1 N–H and O–H groups in total. The van der Waals surface area contributed by atoms with Crippen LogP contribution in [0.4, 0.5) is 4.39 Å². The van der Waals surface area contributed by atoms with Crippen molar-refractivity contribution in [1.82, 2.24) is 5.32 Å². The van der Waals surface area contributed by atoms with Crippen molar-refractivity contribution < 1.29 is 13.9 Å². The lowest BCUT2D eigenvalue weighted by Crippen LogP contribution is -2.38. The lowest BCUT2D eigenvalue weighted by atomic mass is 9.81. The molecule has 2 rings (SSSR count). The molecule has 0 saturated carbocycles. The molecule has 0 aliphatic carbocycles. The third-order valence-electron chi connectivity index (χ3n) is 3.74. The molecule has 1 aromatic carbocycles. The number of hydrogen-bond donors (Lipinski definition) is 1. The first-order valence-electron chi connectivity index (χ1n) is 6.87. The van der Waals surface area contributed by atoms with Crippen molar-refractivity contribution in [2.75, 3.05) is 40.0 Å². The Bertz CT molecular complexity index is 436. The maximum atomic E-state index is 13.4. The molecule has 1 fully saturated rings. The minimum atomic E-state index is -0.245. The number of methoxy groups -OCH3 is 1. The molecule has 1 saturated heterocycles. The van der Waals surface area contributed by atoms with Crippen LogP contribution in [0, 0.1) is 11.2 Å². The summed E-state index contributed by atoms with van der Waals surface area (Å²) in [7, 11) is 1.68. The number of rotatable bonds is 7. The third-order valence-corrected chi connectivity index (χ3v) is 4.11. The van der Waals surface area contributed by atoms with E-state index in [1.54, 1.807) is 13.2 Å². The summed E-state index contributed by atoms with van der Waals surface area (Å²) in [5, 5.41) is 4.00. The second kappa shape index (κ2) is 7.36. The van der Waals surface area contributed by atoms with Crippen molar-refractivity contribution in [3.05, 3.63) is 34.6 Å². The van der Waals surface area contributed by atoms with Gasteiger partial charge in [-0.3, -0.25) is 0 Å². The lowest BCUT2D eigenvalue weighted by molar-refractivity contribution is 0.145. The van der Waals surface area contributed by atoms with Crippen molar-refractivity contribution in [2.24, 2.45) is 5.41 Å². The van der Waals surface area contributed by atoms with Crippen LogP contribution in [-0.4, -0.2) is 40.0 Å². The van der Waals surface area contributed by atoms with Crippen LogP contribution < -0.4 is 5.32 Å². The van der Waals surface area contributed by atoms with Gasteiger partial charge in [-0.25, -0.2) is 4.39 Å². The molecule has 5 heteroatoms. The van der Waals surface area contributed by atoms with E-state index in [0.717, 1.165) is 38.1 Å². The van der Waals surface area contributed by atoms with Gasteiger partial charge in [-0.1, -0.05) is 11.6 Å². The monoisotopic (exact) mass is 301 g/mol. The van der Waals surface area contributed by atoms with Crippen LogP contribution >= 0.6 is 11.6 Å². The zero-order valence-corrected chi connectivity index (χ0v) is 12.5. The zero-order valence-electron chi connectivity index (χ0n) is 11.8. The quantitative estimate of drug-likeness (QED) is 0.786. The number of hydrogen-bond acceptors (Lipinski definition) is 3. The molecule has 112 valence electrons. The number of halogens is 2. The van der Waals surface area contributed by atoms with Crippen LogP contribution in [0.15, 0.2) is 18.2 Å². The molecule has 0 radical (unpaired) electrons. The molecule has 1 heterocycles. The maximum Gasteiger partial charge on any atom is 0.123 e. The summed E-state index contributed by atoms with van der Waals surface area (Å²) in [6.45, 7) is 3.73. The van der Waals surface area contributed by atoms with Crippen molar-refractivity contribution in [1.29, 1.82) is 0 Å². The van der Waals surface area contributed by atoms with Gasteiger partial charge in [0.1, 0.15) is 5.82 Å². The highest BCUT2D eigenvalue weighted by molar-refractivity contribution is 6.31. The van der Waals surface area contributed by atoms with Crippen molar-refractivity contribution >= 4 is 11.6 Å². The van der Waals surface area contributed by atoms with E-state index in [-0.39, 0.29) is 11.2 Å². The number of benzene rings is 1. The Kier molecular flexibility index (Phi) is 5.78. The molecule has 1 aliphatic heterocycles. The van der Waals surface area contributed by atoms with E-state index in [9.17, 15) is 4.39 Å². The molecular formula is C15H21ClFNO2. The zero-order chi connectivity index (χ0) is 14.4. The third kappa shape index (κ3) is 4.16. The Morgan fingerprint density at radius 3 is 3.05 bits per heavy atom. The molecule has 1 aromatic rings. The van der Waals surface area contributed by atoms with E-state index >= 15 is 0 Å². The summed E-state index contributed by atoms with van der Waals surface area (Å²) in [6.07, 6.45) is 1.68. The topological polar surface area (TPSA) is 30.5 Å². The van der Waals surface area contributed by atoms with E-state index in [1.807, 2.05) is 0 Å². The minimum absolute atomic E-state index is 0.00876. The van der Waals surface area contributed by atoms with Gasteiger partial charge < -0.3 is 14.8 Å². The van der Waals surface area contributed by atoms with Crippen LogP contribution in [-0.2, 0) is 15.9 Å². The summed E-state index contributed by atoms with van der Waals surface area (Å²) in [6, 6.07) is 4.53. The summed E-state index contributed by atoms with van der Waals surface area (Å²) in [5.74, 6) is -0.245. The second-order valence-electron chi connectivity index (χ2n) is 5.38. The predicted octanol–water partition coefficient (Wildman–Crippen LogP) is 2.66. The van der Waals surface area contributed by atoms with Gasteiger partial charge in [0.25, 0.3) is 0 Å². The Labute approximate surface area is 124 Å². The summed E-state index contributed by atoms with van der Waals surface area (Å²) < 4.78 is 24.0. The molecule has 0 amide bonds. The predicted molar refractivity (Wildman–Crippen MR) is 77.7 cm³/mol. The molecule has 0 aromatic heterocycles. The normalized spacial score (nSPS) is 22.4. The fourth-order valence-electron chi connectivity index (χ4n) is 2.60. The van der Waals surface area contributed by atoms with Gasteiger partial charge >= 0.3 is 0 Å². The highest BCUT2D eigenvalue weighted by Crippen LogP contribution is 2.34. The molecule has 20 heavy (non-hydrogen) atoms. The average Bonchev–Trinajstić information content (AvgIpc) is 2.88. The van der Waals surface area contributed by atoms with E-state index in [4.69, 9.17) is 21.1 Å². The largest absolute Gasteiger partial charge is 0.383 e. The summed E-state index contributed by atoms with van der Waals surface area (Å²) in [5.41, 5.74) is 0.844. The van der Waals surface area contributed by atoms with Gasteiger partial charge in [-0.15, -0.1) is 0 Å². The fourth-order valence-corrected chi connectivity index (χ4v) is 2.79. The number of nitrogens with one attached hydrogen (secondary N) is 1. The first-order valence-corrected chi connectivity index (χ1v) is 7.24. The van der Waals surface area contributed by atoms with Crippen molar-refractivity contribution in [3.8, 4) is 0 Å². The maximum absolute atomic E-state index is 13.4. The molecule has 1 aliphatic rings. The van der Waals surface area contributed by atoms with Crippen LogP contribution in [0.5, 0.6) is 0 Å². The van der Waals surface area contributed by atoms with Crippen LogP contribution in [0.2, 0.25) is 5.02 Å². The van der Waals surface area contributed by atoms with Gasteiger partial charge in [0.05, 0.1) is 13.2 Å². The Morgan fingerprint density at radius 1 is 1.50 bits per heavy atom. The highest BCUT2D eigenvalue weighted by atomic mass is 35.5. The molecule has 3 nitrogen and oxygen atoms in total. The fraction of sp³-hybridized carbons (Fsp3) is 0.600. The van der Waals surface area contributed by atoms with Gasteiger partial charge in [0.2, 0.25) is 0 Å². The van der Waals surface area contributed by atoms with Crippen LogP contribution in [0.25, 0.3) is 0 Å².